The molecule has 0 saturated carbocycles. The molecule has 2 aliphatic rings. The van der Waals surface area contributed by atoms with Crippen molar-refractivity contribution in [3.63, 3.8) is 0 Å². The van der Waals surface area contributed by atoms with Gasteiger partial charge in [-0.1, -0.05) is 0 Å². The minimum atomic E-state index is -0.138. The van der Waals surface area contributed by atoms with E-state index in [0.717, 1.165) is 12.8 Å². The third-order valence-corrected chi connectivity index (χ3v) is 2.76. The second-order valence-electron chi connectivity index (χ2n) is 3.84. The van der Waals surface area contributed by atoms with Crippen LogP contribution < -0.4 is 5.32 Å². The monoisotopic (exact) mass is 169 g/mol. The van der Waals surface area contributed by atoms with E-state index < -0.39 is 0 Å². The first kappa shape index (κ1) is 8.05. The molecule has 0 unspecified atom stereocenters. The molecule has 68 valence electrons. The standard InChI is InChI=1S/C9H15NO2/c1-6(11)12-9-4-7-2-3-8(5-9)10-7/h7-10H,2-5H2,1H3/t7-,8+,9+. The largest absolute Gasteiger partial charge is 0.462 e. The van der Waals surface area contributed by atoms with Gasteiger partial charge in [-0.2, -0.15) is 0 Å². The van der Waals surface area contributed by atoms with Crippen molar-refractivity contribution in [1.29, 1.82) is 0 Å². The zero-order chi connectivity index (χ0) is 8.55. The lowest BCUT2D eigenvalue weighted by Crippen LogP contribution is -2.41. The summed E-state index contributed by atoms with van der Waals surface area (Å²) >= 11 is 0. The molecule has 3 heteroatoms. The van der Waals surface area contributed by atoms with E-state index in [1.54, 1.807) is 0 Å². The van der Waals surface area contributed by atoms with E-state index in [4.69, 9.17) is 4.74 Å². The fraction of sp³-hybridized carbons (Fsp3) is 0.889. The van der Waals surface area contributed by atoms with E-state index in [-0.39, 0.29) is 12.1 Å². The molecule has 2 bridgehead atoms. The number of nitrogens with one attached hydrogen (secondary N) is 1. The highest BCUT2D eigenvalue weighted by Crippen LogP contribution is 2.28. The summed E-state index contributed by atoms with van der Waals surface area (Å²) in [4.78, 5) is 10.7. The number of rotatable bonds is 1. The normalized spacial score (nSPS) is 39.6. The molecule has 2 heterocycles. The van der Waals surface area contributed by atoms with E-state index in [1.807, 2.05) is 0 Å². The SMILES string of the molecule is CC(=O)O[C@H]1C[C@H]2CC[C@@H](C1)N2. The molecule has 0 aromatic carbocycles. The number of fused-ring (bicyclic) bond motifs is 2. The lowest BCUT2D eigenvalue weighted by molar-refractivity contribution is -0.148. The molecule has 0 aromatic rings. The molecule has 3 nitrogen and oxygen atoms in total. The van der Waals surface area contributed by atoms with Gasteiger partial charge in [0.2, 0.25) is 0 Å². The number of carbonyl (C=O) groups excluding carboxylic acids is 1. The Kier molecular flexibility index (Phi) is 2.05. The van der Waals surface area contributed by atoms with Gasteiger partial charge in [0, 0.05) is 19.0 Å². The highest BCUT2D eigenvalue weighted by Gasteiger charge is 2.34. The number of ether oxygens (including phenoxy) is 1. The molecule has 3 atom stereocenters. The number of hydrogen-bond acceptors (Lipinski definition) is 3. The van der Waals surface area contributed by atoms with E-state index >= 15 is 0 Å². The van der Waals surface area contributed by atoms with Crippen molar-refractivity contribution >= 4 is 5.97 Å². The molecule has 0 aromatic heterocycles. The molecule has 0 amide bonds. The van der Waals surface area contributed by atoms with Crippen molar-refractivity contribution in [2.75, 3.05) is 0 Å². The summed E-state index contributed by atoms with van der Waals surface area (Å²) in [7, 11) is 0. The van der Waals surface area contributed by atoms with Crippen molar-refractivity contribution in [3.05, 3.63) is 0 Å². The second-order valence-corrected chi connectivity index (χ2v) is 3.84. The third-order valence-electron chi connectivity index (χ3n) is 2.76. The number of carbonyl (C=O) groups is 1. The van der Waals surface area contributed by atoms with E-state index in [0.29, 0.717) is 12.1 Å². The van der Waals surface area contributed by atoms with Crippen molar-refractivity contribution in [2.24, 2.45) is 0 Å². The molecule has 0 aliphatic carbocycles. The smallest absolute Gasteiger partial charge is 0.302 e. The lowest BCUT2D eigenvalue weighted by Gasteiger charge is -2.28. The molecular formula is C9H15NO2. The Morgan fingerprint density at radius 3 is 2.42 bits per heavy atom. The molecule has 2 fully saturated rings. The Balaban J connectivity index is 1.89. The number of piperidine rings is 1. The predicted molar refractivity (Wildman–Crippen MR) is 44.7 cm³/mol. The highest BCUT2D eigenvalue weighted by atomic mass is 16.5. The highest BCUT2D eigenvalue weighted by molar-refractivity contribution is 5.66. The molecule has 2 aliphatic heterocycles. The lowest BCUT2D eigenvalue weighted by atomic mass is 10.0. The Morgan fingerprint density at radius 2 is 1.92 bits per heavy atom. The average Bonchev–Trinajstić information content (AvgIpc) is 2.29. The van der Waals surface area contributed by atoms with Crippen molar-refractivity contribution in [1.82, 2.24) is 5.32 Å². The molecule has 0 spiro atoms. The molecule has 2 rings (SSSR count). The summed E-state index contributed by atoms with van der Waals surface area (Å²) in [6.07, 6.45) is 4.71. The zero-order valence-electron chi connectivity index (χ0n) is 7.38. The van der Waals surface area contributed by atoms with Crippen LogP contribution in [0.4, 0.5) is 0 Å². The van der Waals surface area contributed by atoms with E-state index in [2.05, 4.69) is 5.32 Å². The van der Waals surface area contributed by atoms with Gasteiger partial charge >= 0.3 is 5.97 Å². The zero-order valence-corrected chi connectivity index (χ0v) is 7.38. The van der Waals surface area contributed by atoms with Gasteiger partial charge in [-0.3, -0.25) is 4.79 Å². The van der Waals surface area contributed by atoms with Crippen molar-refractivity contribution < 1.29 is 9.53 Å². The summed E-state index contributed by atoms with van der Waals surface area (Å²) < 4.78 is 5.19. The Morgan fingerprint density at radius 1 is 1.33 bits per heavy atom. The van der Waals surface area contributed by atoms with E-state index in [1.165, 1.54) is 19.8 Å². The summed E-state index contributed by atoms with van der Waals surface area (Å²) in [5.74, 6) is -0.138. The first-order valence-electron chi connectivity index (χ1n) is 4.67. The quantitative estimate of drug-likeness (QED) is 0.591. The minimum absolute atomic E-state index is 0.138. The average molecular weight is 169 g/mol. The fourth-order valence-electron chi connectivity index (χ4n) is 2.34. The van der Waals surface area contributed by atoms with Crippen LogP contribution in [0, 0.1) is 0 Å². The van der Waals surface area contributed by atoms with Crippen LogP contribution in [0.15, 0.2) is 0 Å². The number of hydrogen-bond donors (Lipinski definition) is 1. The molecule has 2 saturated heterocycles. The minimum Gasteiger partial charge on any atom is -0.462 e. The van der Waals surface area contributed by atoms with Crippen LogP contribution >= 0.6 is 0 Å². The van der Waals surface area contributed by atoms with Gasteiger partial charge in [0.15, 0.2) is 0 Å². The van der Waals surface area contributed by atoms with E-state index in [9.17, 15) is 4.79 Å². The van der Waals surface area contributed by atoms with Crippen LogP contribution in [0.3, 0.4) is 0 Å². The summed E-state index contributed by atoms with van der Waals surface area (Å²) in [6.45, 7) is 1.49. The first-order chi connectivity index (χ1) is 5.74. The van der Waals surface area contributed by atoms with Crippen LogP contribution in [0.25, 0.3) is 0 Å². The van der Waals surface area contributed by atoms with Crippen LogP contribution in [0.2, 0.25) is 0 Å². The van der Waals surface area contributed by atoms with Crippen molar-refractivity contribution in [2.45, 2.75) is 50.8 Å². The summed E-state index contributed by atoms with van der Waals surface area (Å²) in [5, 5.41) is 3.50. The van der Waals surface area contributed by atoms with Gasteiger partial charge in [-0.15, -0.1) is 0 Å². The summed E-state index contributed by atoms with van der Waals surface area (Å²) in [5.41, 5.74) is 0. The maximum atomic E-state index is 10.7. The van der Waals surface area contributed by atoms with Gasteiger partial charge in [0.1, 0.15) is 6.10 Å². The van der Waals surface area contributed by atoms with Gasteiger partial charge in [-0.05, 0) is 25.7 Å². The van der Waals surface area contributed by atoms with Crippen LogP contribution in [-0.2, 0) is 9.53 Å². The van der Waals surface area contributed by atoms with Gasteiger partial charge in [0.05, 0.1) is 0 Å². The van der Waals surface area contributed by atoms with Crippen LogP contribution in [-0.4, -0.2) is 24.2 Å². The maximum Gasteiger partial charge on any atom is 0.302 e. The fourth-order valence-corrected chi connectivity index (χ4v) is 2.34. The summed E-state index contributed by atoms with van der Waals surface area (Å²) in [6, 6.07) is 1.21. The van der Waals surface area contributed by atoms with Gasteiger partial charge in [-0.25, -0.2) is 0 Å². The second kappa shape index (κ2) is 3.05. The van der Waals surface area contributed by atoms with Gasteiger partial charge in [0.25, 0.3) is 0 Å². The van der Waals surface area contributed by atoms with Crippen LogP contribution in [0.1, 0.15) is 32.6 Å². The predicted octanol–water partition coefficient (Wildman–Crippen LogP) is 0.833. The topological polar surface area (TPSA) is 38.3 Å². The van der Waals surface area contributed by atoms with Gasteiger partial charge < -0.3 is 10.1 Å². The maximum absolute atomic E-state index is 10.7. The Hall–Kier alpha value is -0.570. The Labute approximate surface area is 72.5 Å². The number of esters is 1. The molecule has 1 N–H and O–H groups in total. The van der Waals surface area contributed by atoms with Crippen LogP contribution in [0.5, 0.6) is 0 Å². The van der Waals surface area contributed by atoms with Crippen molar-refractivity contribution in [3.8, 4) is 0 Å². The first-order valence-corrected chi connectivity index (χ1v) is 4.67. The molecular weight excluding hydrogens is 154 g/mol. The molecule has 0 radical (unpaired) electrons. The third kappa shape index (κ3) is 1.61. The Bertz CT molecular complexity index is 181. The molecule has 12 heavy (non-hydrogen) atoms.